The molecule has 2 aromatic carbocycles. The van der Waals surface area contributed by atoms with E-state index in [1.165, 1.54) is 67.2 Å². The van der Waals surface area contributed by atoms with Crippen LogP contribution in [-0.4, -0.2) is 6.61 Å². The minimum absolute atomic E-state index is 0.290. The molecule has 140 valence electrons. The second-order valence-electron chi connectivity index (χ2n) is 7.83. The largest absolute Gasteiger partial charge is 0.373 e. The Bertz CT molecular complexity index is 633. The van der Waals surface area contributed by atoms with Gasteiger partial charge in [0.05, 0.1) is 12.7 Å². The molecule has 1 aliphatic rings. The van der Waals surface area contributed by atoms with Gasteiger partial charge in [0.25, 0.3) is 0 Å². The summed E-state index contributed by atoms with van der Waals surface area (Å²) in [4.78, 5) is 0. The SMILES string of the molecule is CCCCCc1ccc(-c2ccc(C3CCC(CCC)CO3)cc2)cc1. The third-order valence-electron chi connectivity index (χ3n) is 5.71. The highest BCUT2D eigenvalue weighted by atomic mass is 16.5. The Hall–Kier alpha value is -1.60. The maximum atomic E-state index is 6.14. The molecule has 1 saturated heterocycles. The Labute approximate surface area is 159 Å². The number of benzene rings is 2. The van der Waals surface area contributed by atoms with E-state index in [4.69, 9.17) is 4.74 Å². The van der Waals surface area contributed by atoms with Crippen molar-refractivity contribution >= 4 is 0 Å². The van der Waals surface area contributed by atoms with E-state index in [0.717, 1.165) is 18.9 Å². The van der Waals surface area contributed by atoms with Gasteiger partial charge in [-0.1, -0.05) is 81.6 Å². The van der Waals surface area contributed by atoms with Crippen LogP contribution in [0, 0.1) is 5.92 Å². The molecule has 0 aromatic heterocycles. The fraction of sp³-hybridized carbons (Fsp3) is 0.520. The quantitative estimate of drug-likeness (QED) is 0.452. The second-order valence-corrected chi connectivity index (χ2v) is 7.83. The zero-order valence-electron chi connectivity index (χ0n) is 16.5. The first-order valence-electron chi connectivity index (χ1n) is 10.6. The van der Waals surface area contributed by atoms with Crippen molar-refractivity contribution in [3.05, 3.63) is 59.7 Å². The summed E-state index contributed by atoms with van der Waals surface area (Å²) in [7, 11) is 0. The van der Waals surface area contributed by atoms with E-state index in [1.54, 1.807) is 0 Å². The fourth-order valence-corrected chi connectivity index (χ4v) is 4.04. The van der Waals surface area contributed by atoms with Gasteiger partial charge in [-0.2, -0.15) is 0 Å². The molecule has 0 bridgehead atoms. The Balaban J connectivity index is 1.57. The van der Waals surface area contributed by atoms with E-state index >= 15 is 0 Å². The topological polar surface area (TPSA) is 9.23 Å². The van der Waals surface area contributed by atoms with Gasteiger partial charge in [0.15, 0.2) is 0 Å². The van der Waals surface area contributed by atoms with Crippen molar-refractivity contribution in [2.75, 3.05) is 6.61 Å². The highest BCUT2D eigenvalue weighted by Gasteiger charge is 2.22. The smallest absolute Gasteiger partial charge is 0.0825 e. The molecule has 1 heteroatoms. The minimum atomic E-state index is 0.290. The lowest BCUT2D eigenvalue weighted by Gasteiger charge is -2.29. The van der Waals surface area contributed by atoms with Gasteiger partial charge in [-0.15, -0.1) is 0 Å². The predicted molar refractivity (Wildman–Crippen MR) is 111 cm³/mol. The lowest BCUT2D eigenvalue weighted by atomic mass is 9.91. The lowest BCUT2D eigenvalue weighted by Crippen LogP contribution is -2.20. The van der Waals surface area contributed by atoms with Crippen molar-refractivity contribution in [1.29, 1.82) is 0 Å². The maximum Gasteiger partial charge on any atom is 0.0825 e. The fourth-order valence-electron chi connectivity index (χ4n) is 4.04. The molecule has 1 aliphatic heterocycles. The molecule has 0 saturated carbocycles. The molecule has 0 N–H and O–H groups in total. The maximum absolute atomic E-state index is 6.14. The van der Waals surface area contributed by atoms with Gasteiger partial charge in [0, 0.05) is 0 Å². The summed E-state index contributed by atoms with van der Waals surface area (Å²) < 4.78 is 6.14. The van der Waals surface area contributed by atoms with E-state index in [1.807, 2.05) is 0 Å². The van der Waals surface area contributed by atoms with Gasteiger partial charge in [0.2, 0.25) is 0 Å². The second kappa shape index (κ2) is 9.92. The first-order valence-corrected chi connectivity index (χ1v) is 10.6. The molecule has 2 unspecified atom stereocenters. The molecule has 0 aliphatic carbocycles. The summed E-state index contributed by atoms with van der Waals surface area (Å²) in [5.41, 5.74) is 5.40. The number of hydrogen-bond donors (Lipinski definition) is 0. The summed E-state index contributed by atoms with van der Waals surface area (Å²) in [5.74, 6) is 0.770. The lowest BCUT2D eigenvalue weighted by molar-refractivity contribution is -0.0194. The van der Waals surface area contributed by atoms with Crippen LogP contribution >= 0.6 is 0 Å². The van der Waals surface area contributed by atoms with Crippen LogP contribution in [0.15, 0.2) is 48.5 Å². The molecular formula is C25H34O. The zero-order chi connectivity index (χ0) is 18.2. The summed E-state index contributed by atoms with van der Waals surface area (Å²) >= 11 is 0. The van der Waals surface area contributed by atoms with Crippen molar-refractivity contribution in [3.8, 4) is 11.1 Å². The van der Waals surface area contributed by atoms with Gasteiger partial charge in [-0.25, -0.2) is 0 Å². The third-order valence-corrected chi connectivity index (χ3v) is 5.71. The van der Waals surface area contributed by atoms with Gasteiger partial charge in [0.1, 0.15) is 0 Å². The van der Waals surface area contributed by atoms with E-state index in [9.17, 15) is 0 Å². The number of ether oxygens (including phenoxy) is 1. The molecule has 26 heavy (non-hydrogen) atoms. The molecule has 1 nitrogen and oxygen atoms in total. The van der Waals surface area contributed by atoms with Crippen molar-refractivity contribution in [2.24, 2.45) is 5.92 Å². The first kappa shape index (κ1) is 19.2. The molecule has 0 amide bonds. The van der Waals surface area contributed by atoms with Crippen LogP contribution in [-0.2, 0) is 11.2 Å². The van der Waals surface area contributed by atoms with Crippen molar-refractivity contribution < 1.29 is 4.74 Å². The molecule has 3 rings (SSSR count). The molecule has 2 aromatic rings. The number of hydrogen-bond acceptors (Lipinski definition) is 1. The summed E-state index contributed by atoms with van der Waals surface area (Å²) in [6, 6.07) is 18.1. The van der Waals surface area contributed by atoms with Crippen LogP contribution in [0.25, 0.3) is 11.1 Å². The van der Waals surface area contributed by atoms with Crippen LogP contribution in [0.5, 0.6) is 0 Å². The Morgan fingerprint density at radius 3 is 2.08 bits per heavy atom. The molecule has 1 heterocycles. The molecule has 2 atom stereocenters. The number of unbranched alkanes of at least 4 members (excludes halogenated alkanes) is 2. The minimum Gasteiger partial charge on any atom is -0.373 e. The van der Waals surface area contributed by atoms with E-state index in [2.05, 4.69) is 62.4 Å². The van der Waals surface area contributed by atoms with Crippen LogP contribution in [0.3, 0.4) is 0 Å². The summed E-state index contributed by atoms with van der Waals surface area (Å²) in [6.07, 6.45) is 10.4. The average Bonchev–Trinajstić information content (AvgIpc) is 2.70. The zero-order valence-corrected chi connectivity index (χ0v) is 16.5. The van der Waals surface area contributed by atoms with E-state index in [0.29, 0.717) is 0 Å². The van der Waals surface area contributed by atoms with Crippen molar-refractivity contribution in [3.63, 3.8) is 0 Å². The highest BCUT2D eigenvalue weighted by molar-refractivity contribution is 5.64. The number of rotatable bonds is 8. The average molecular weight is 351 g/mol. The summed E-state index contributed by atoms with van der Waals surface area (Å²) in [6.45, 7) is 5.46. The molecule has 1 fully saturated rings. The van der Waals surface area contributed by atoms with Gasteiger partial charge in [-0.3, -0.25) is 0 Å². The first-order chi connectivity index (χ1) is 12.8. The summed E-state index contributed by atoms with van der Waals surface area (Å²) in [5, 5.41) is 0. The van der Waals surface area contributed by atoms with Crippen LogP contribution in [0.2, 0.25) is 0 Å². The van der Waals surface area contributed by atoms with Gasteiger partial charge in [-0.05, 0) is 60.3 Å². The normalized spacial score (nSPS) is 20.2. The molecule has 0 radical (unpaired) electrons. The van der Waals surface area contributed by atoms with E-state index < -0.39 is 0 Å². The van der Waals surface area contributed by atoms with Gasteiger partial charge >= 0.3 is 0 Å². The third kappa shape index (κ3) is 5.20. The Morgan fingerprint density at radius 2 is 1.50 bits per heavy atom. The van der Waals surface area contributed by atoms with Crippen LogP contribution in [0.4, 0.5) is 0 Å². The monoisotopic (exact) mass is 350 g/mol. The number of aryl methyl sites for hydroxylation is 1. The van der Waals surface area contributed by atoms with Crippen LogP contribution < -0.4 is 0 Å². The molecule has 0 spiro atoms. The van der Waals surface area contributed by atoms with E-state index in [-0.39, 0.29) is 6.10 Å². The highest BCUT2D eigenvalue weighted by Crippen LogP contribution is 2.33. The van der Waals surface area contributed by atoms with Crippen molar-refractivity contribution in [1.82, 2.24) is 0 Å². The Morgan fingerprint density at radius 1 is 0.808 bits per heavy atom. The standard InChI is InChI=1S/C25H34O/c1-3-5-6-8-20-9-12-22(13-10-20)23-14-16-24(17-15-23)25-18-11-21(7-4-2)19-26-25/h9-10,12-17,21,25H,3-8,11,18-19H2,1-2H3. The van der Waals surface area contributed by atoms with Gasteiger partial charge < -0.3 is 4.74 Å². The molecular weight excluding hydrogens is 316 g/mol. The Kier molecular flexibility index (Phi) is 7.32. The predicted octanol–water partition coefficient (Wildman–Crippen LogP) is 7.35. The van der Waals surface area contributed by atoms with Crippen LogP contribution in [0.1, 0.15) is 76.0 Å². The van der Waals surface area contributed by atoms with Crippen molar-refractivity contribution in [2.45, 2.75) is 71.3 Å².